The average molecular weight is 337 g/mol. The molecular formula is C12H17ClN2O5S. The summed E-state index contributed by atoms with van der Waals surface area (Å²) in [7, 11) is -2.47. The van der Waals surface area contributed by atoms with Crippen molar-refractivity contribution in [1.82, 2.24) is 10.0 Å². The molecule has 1 aromatic rings. The summed E-state index contributed by atoms with van der Waals surface area (Å²) < 4.78 is 31.4. The molecule has 0 aliphatic carbocycles. The zero-order valence-corrected chi connectivity index (χ0v) is 13.2. The minimum atomic E-state index is -3.89. The summed E-state index contributed by atoms with van der Waals surface area (Å²) in [5.74, 6) is -0.184. The van der Waals surface area contributed by atoms with Gasteiger partial charge in [-0.3, -0.25) is 4.79 Å². The van der Waals surface area contributed by atoms with Crippen LogP contribution >= 0.6 is 11.6 Å². The molecule has 0 fully saturated rings. The first-order valence-corrected chi connectivity index (χ1v) is 7.92. The molecule has 118 valence electrons. The zero-order valence-electron chi connectivity index (χ0n) is 11.6. The van der Waals surface area contributed by atoms with E-state index in [1.54, 1.807) is 0 Å². The van der Waals surface area contributed by atoms with E-state index in [0.717, 1.165) is 0 Å². The minimum absolute atomic E-state index is 0.0548. The summed E-state index contributed by atoms with van der Waals surface area (Å²) in [5, 5.41) is 11.1. The van der Waals surface area contributed by atoms with Crippen molar-refractivity contribution in [3.05, 3.63) is 23.2 Å². The molecule has 0 spiro atoms. The number of aliphatic hydroxyl groups is 1. The number of methoxy groups -OCH3 is 1. The molecule has 3 N–H and O–H groups in total. The molecule has 7 nitrogen and oxygen atoms in total. The van der Waals surface area contributed by atoms with E-state index in [9.17, 15) is 13.2 Å². The molecule has 0 aliphatic rings. The van der Waals surface area contributed by atoms with Crippen molar-refractivity contribution in [1.29, 1.82) is 0 Å². The highest BCUT2D eigenvalue weighted by molar-refractivity contribution is 7.89. The van der Waals surface area contributed by atoms with E-state index >= 15 is 0 Å². The fourth-order valence-electron chi connectivity index (χ4n) is 1.50. The number of amides is 1. The average Bonchev–Trinajstić information content (AvgIpc) is 2.44. The maximum atomic E-state index is 12.1. The van der Waals surface area contributed by atoms with Crippen LogP contribution in [0.15, 0.2) is 23.1 Å². The third kappa shape index (κ3) is 4.85. The summed E-state index contributed by atoms with van der Waals surface area (Å²) in [5.41, 5.74) is 0. The lowest BCUT2D eigenvalue weighted by Gasteiger charge is -2.14. The second kappa shape index (κ2) is 7.60. The van der Waals surface area contributed by atoms with Gasteiger partial charge in [-0.1, -0.05) is 11.6 Å². The Hall–Kier alpha value is -1.35. The van der Waals surface area contributed by atoms with Gasteiger partial charge in [-0.25, -0.2) is 8.42 Å². The summed E-state index contributed by atoms with van der Waals surface area (Å²) in [6, 6.07) is 3.00. The Morgan fingerprint density at radius 1 is 1.48 bits per heavy atom. The van der Waals surface area contributed by atoms with Gasteiger partial charge in [-0.05, 0) is 25.1 Å². The van der Waals surface area contributed by atoms with Crippen LogP contribution in [0.25, 0.3) is 0 Å². The predicted molar refractivity (Wildman–Crippen MR) is 77.9 cm³/mol. The van der Waals surface area contributed by atoms with Gasteiger partial charge in [0, 0.05) is 6.54 Å². The number of hydrogen-bond acceptors (Lipinski definition) is 5. The lowest BCUT2D eigenvalue weighted by molar-refractivity contribution is -0.122. The van der Waals surface area contributed by atoms with E-state index in [1.165, 1.54) is 32.2 Å². The zero-order chi connectivity index (χ0) is 16.0. The van der Waals surface area contributed by atoms with Gasteiger partial charge in [0.05, 0.1) is 29.7 Å². The van der Waals surface area contributed by atoms with E-state index in [0.29, 0.717) is 5.75 Å². The molecule has 1 atom stereocenters. The maximum absolute atomic E-state index is 12.1. The van der Waals surface area contributed by atoms with Gasteiger partial charge in [0.1, 0.15) is 5.75 Å². The van der Waals surface area contributed by atoms with Crippen molar-refractivity contribution in [3.8, 4) is 5.75 Å². The fraction of sp³-hybridized carbons (Fsp3) is 0.417. The number of halogens is 1. The number of carbonyl (C=O) groups is 1. The SMILES string of the molecule is COc1ccc(S(=O)(=O)NC(C)C(=O)NCCO)cc1Cl. The highest BCUT2D eigenvalue weighted by Crippen LogP contribution is 2.26. The van der Waals surface area contributed by atoms with Crippen LogP contribution in [0.1, 0.15) is 6.92 Å². The topological polar surface area (TPSA) is 105 Å². The number of aliphatic hydroxyl groups excluding tert-OH is 1. The lowest BCUT2D eigenvalue weighted by atomic mass is 10.3. The summed E-state index contributed by atoms with van der Waals surface area (Å²) >= 11 is 5.88. The van der Waals surface area contributed by atoms with Gasteiger partial charge in [-0.15, -0.1) is 0 Å². The molecule has 1 aromatic carbocycles. The van der Waals surface area contributed by atoms with Crippen LogP contribution in [-0.2, 0) is 14.8 Å². The van der Waals surface area contributed by atoms with E-state index < -0.39 is 22.0 Å². The van der Waals surface area contributed by atoms with Gasteiger partial charge in [0.15, 0.2) is 0 Å². The molecule has 0 aliphatic heterocycles. The van der Waals surface area contributed by atoms with Gasteiger partial charge in [0.25, 0.3) is 0 Å². The van der Waals surface area contributed by atoms with Crippen molar-refractivity contribution < 1.29 is 23.1 Å². The minimum Gasteiger partial charge on any atom is -0.495 e. The molecule has 0 saturated heterocycles. The Balaban J connectivity index is 2.86. The number of benzene rings is 1. The molecule has 21 heavy (non-hydrogen) atoms. The molecule has 0 saturated carbocycles. The monoisotopic (exact) mass is 336 g/mol. The smallest absolute Gasteiger partial charge is 0.241 e. The van der Waals surface area contributed by atoms with Crippen LogP contribution < -0.4 is 14.8 Å². The molecule has 0 bridgehead atoms. The largest absolute Gasteiger partial charge is 0.495 e. The predicted octanol–water partition coefficient (Wildman–Crippen LogP) is 0.124. The van der Waals surface area contributed by atoms with Crippen LogP contribution in [0.2, 0.25) is 5.02 Å². The van der Waals surface area contributed by atoms with E-state index in [4.69, 9.17) is 21.4 Å². The number of rotatable bonds is 7. The van der Waals surface area contributed by atoms with Crippen molar-refractivity contribution in [2.45, 2.75) is 17.9 Å². The second-order valence-electron chi connectivity index (χ2n) is 4.15. The van der Waals surface area contributed by atoms with Gasteiger partial charge in [0.2, 0.25) is 15.9 Å². The molecule has 0 aromatic heterocycles. The first-order chi connectivity index (χ1) is 9.81. The van der Waals surface area contributed by atoms with Crippen molar-refractivity contribution >= 4 is 27.5 Å². The van der Waals surface area contributed by atoms with Gasteiger partial charge < -0.3 is 15.2 Å². The van der Waals surface area contributed by atoms with Gasteiger partial charge in [-0.2, -0.15) is 4.72 Å². The first kappa shape index (κ1) is 17.7. The van der Waals surface area contributed by atoms with Crippen LogP contribution in [0.5, 0.6) is 5.75 Å². The standard InChI is InChI=1S/C12H17ClN2O5S/c1-8(12(17)14-5-6-16)15-21(18,19)9-3-4-11(20-2)10(13)7-9/h3-4,7-8,15-16H,5-6H2,1-2H3,(H,14,17). The Labute approximate surface area is 128 Å². The summed E-state index contributed by atoms with van der Waals surface area (Å²) in [4.78, 5) is 11.5. The van der Waals surface area contributed by atoms with Gasteiger partial charge >= 0.3 is 0 Å². The van der Waals surface area contributed by atoms with Crippen LogP contribution in [0.4, 0.5) is 0 Å². The number of ether oxygens (including phenoxy) is 1. The number of sulfonamides is 1. The Bertz CT molecular complexity index is 606. The quantitative estimate of drug-likeness (QED) is 0.656. The molecule has 9 heteroatoms. The van der Waals surface area contributed by atoms with E-state index in [-0.39, 0.29) is 23.1 Å². The third-order valence-electron chi connectivity index (χ3n) is 2.57. The maximum Gasteiger partial charge on any atom is 0.241 e. The van der Waals surface area contributed by atoms with Crippen molar-refractivity contribution in [2.24, 2.45) is 0 Å². The van der Waals surface area contributed by atoms with E-state index in [2.05, 4.69) is 10.0 Å². The highest BCUT2D eigenvalue weighted by atomic mass is 35.5. The van der Waals surface area contributed by atoms with Crippen LogP contribution in [-0.4, -0.2) is 45.7 Å². The first-order valence-electron chi connectivity index (χ1n) is 6.06. The molecule has 0 heterocycles. The third-order valence-corrected chi connectivity index (χ3v) is 4.40. The van der Waals surface area contributed by atoms with Crippen molar-refractivity contribution in [2.75, 3.05) is 20.3 Å². The Morgan fingerprint density at radius 3 is 2.67 bits per heavy atom. The van der Waals surface area contributed by atoms with Crippen LogP contribution in [0.3, 0.4) is 0 Å². The van der Waals surface area contributed by atoms with E-state index in [1.807, 2.05) is 0 Å². The number of hydrogen-bond donors (Lipinski definition) is 3. The molecule has 1 rings (SSSR count). The highest BCUT2D eigenvalue weighted by Gasteiger charge is 2.22. The summed E-state index contributed by atoms with van der Waals surface area (Å²) in [6.07, 6.45) is 0. The fourth-order valence-corrected chi connectivity index (χ4v) is 3.05. The Morgan fingerprint density at radius 2 is 2.14 bits per heavy atom. The van der Waals surface area contributed by atoms with Crippen molar-refractivity contribution in [3.63, 3.8) is 0 Å². The Kier molecular flexibility index (Phi) is 6.41. The molecular weight excluding hydrogens is 320 g/mol. The summed E-state index contributed by atoms with van der Waals surface area (Å²) in [6.45, 7) is 1.23. The molecule has 1 amide bonds. The molecule has 0 radical (unpaired) electrons. The second-order valence-corrected chi connectivity index (χ2v) is 6.28. The number of nitrogens with one attached hydrogen (secondary N) is 2. The normalized spacial score (nSPS) is 12.8. The lowest BCUT2D eigenvalue weighted by Crippen LogP contribution is -2.45. The number of carbonyl (C=O) groups excluding carboxylic acids is 1. The molecule has 1 unspecified atom stereocenters. The van der Waals surface area contributed by atoms with Crippen LogP contribution in [0, 0.1) is 0 Å².